The van der Waals surface area contributed by atoms with Crippen LogP contribution < -0.4 is 4.90 Å². The number of pyridine rings is 1. The van der Waals surface area contributed by atoms with Crippen molar-refractivity contribution in [1.82, 2.24) is 4.98 Å². The number of hydrogen-bond acceptors (Lipinski definition) is 5. The lowest BCUT2D eigenvalue weighted by atomic mass is 10.2. The minimum absolute atomic E-state index is 0.113. The molecule has 0 spiro atoms. The van der Waals surface area contributed by atoms with Crippen LogP contribution >= 0.6 is 0 Å². The van der Waals surface area contributed by atoms with Crippen molar-refractivity contribution in [3.05, 3.63) is 48.0 Å². The van der Waals surface area contributed by atoms with Crippen LogP contribution in [0.3, 0.4) is 0 Å². The summed E-state index contributed by atoms with van der Waals surface area (Å²) in [6, 6.07) is 9.35. The Bertz CT molecular complexity index is 614. The van der Waals surface area contributed by atoms with Crippen molar-refractivity contribution in [3.63, 3.8) is 0 Å². The summed E-state index contributed by atoms with van der Waals surface area (Å²) in [5.74, 6) is 0.806. The topological polar surface area (TPSA) is 70.1 Å². The maximum absolute atomic E-state index is 11.3. The van der Waals surface area contributed by atoms with Gasteiger partial charge in [-0.3, -0.25) is 9.78 Å². The molecular formula is C15H15N3O2. The standard InChI is InChI=1S/C15H15N3O2/c1-12(19)14-5-6-15(20-14)18(9-3-7-16)11-13-4-2-8-17-10-13/h2,4-6,8,10H,3,9,11H2,1H3. The van der Waals surface area contributed by atoms with E-state index in [9.17, 15) is 4.79 Å². The van der Waals surface area contributed by atoms with Gasteiger partial charge in [0.05, 0.1) is 12.5 Å². The van der Waals surface area contributed by atoms with E-state index in [1.54, 1.807) is 24.5 Å². The van der Waals surface area contributed by atoms with Crippen molar-refractivity contribution in [2.75, 3.05) is 11.4 Å². The summed E-state index contributed by atoms with van der Waals surface area (Å²) in [4.78, 5) is 17.3. The Hall–Kier alpha value is -2.61. The van der Waals surface area contributed by atoms with Crippen molar-refractivity contribution >= 4 is 11.7 Å². The predicted octanol–water partition coefficient (Wildman–Crippen LogP) is 2.80. The molecular weight excluding hydrogens is 254 g/mol. The molecule has 2 heterocycles. The van der Waals surface area contributed by atoms with Gasteiger partial charge >= 0.3 is 0 Å². The van der Waals surface area contributed by atoms with Gasteiger partial charge in [0.1, 0.15) is 0 Å². The van der Waals surface area contributed by atoms with Gasteiger partial charge < -0.3 is 9.32 Å². The molecule has 0 aliphatic heterocycles. The maximum atomic E-state index is 11.3. The van der Waals surface area contributed by atoms with E-state index in [2.05, 4.69) is 11.1 Å². The van der Waals surface area contributed by atoms with Gasteiger partial charge in [0.25, 0.3) is 0 Å². The van der Waals surface area contributed by atoms with E-state index in [4.69, 9.17) is 9.68 Å². The molecule has 5 heteroatoms. The third-order valence-corrected chi connectivity index (χ3v) is 2.84. The van der Waals surface area contributed by atoms with E-state index in [0.717, 1.165) is 5.56 Å². The number of carbonyl (C=O) groups excluding carboxylic acids is 1. The SMILES string of the molecule is CC(=O)c1ccc(N(CCC#N)Cc2cccnc2)o1. The van der Waals surface area contributed by atoms with Gasteiger partial charge in [0.2, 0.25) is 0 Å². The molecule has 5 nitrogen and oxygen atoms in total. The zero-order valence-corrected chi connectivity index (χ0v) is 11.2. The molecule has 0 unspecified atom stereocenters. The second-order valence-corrected chi connectivity index (χ2v) is 4.39. The summed E-state index contributed by atoms with van der Waals surface area (Å²) in [7, 11) is 0. The first-order valence-corrected chi connectivity index (χ1v) is 6.32. The summed E-state index contributed by atoms with van der Waals surface area (Å²) in [6.45, 7) is 2.58. The fourth-order valence-corrected chi connectivity index (χ4v) is 1.85. The zero-order valence-electron chi connectivity index (χ0n) is 11.2. The van der Waals surface area contributed by atoms with E-state index in [1.165, 1.54) is 6.92 Å². The third kappa shape index (κ3) is 3.45. The van der Waals surface area contributed by atoms with Gasteiger partial charge in [-0.05, 0) is 17.7 Å². The molecule has 0 aliphatic rings. The summed E-state index contributed by atoms with van der Waals surface area (Å²) in [5.41, 5.74) is 1.02. The van der Waals surface area contributed by atoms with Crippen LogP contribution in [0, 0.1) is 11.3 Å². The number of aromatic nitrogens is 1. The second-order valence-electron chi connectivity index (χ2n) is 4.39. The average Bonchev–Trinajstić information content (AvgIpc) is 2.94. The molecule has 102 valence electrons. The predicted molar refractivity (Wildman–Crippen MR) is 74.2 cm³/mol. The average molecular weight is 269 g/mol. The van der Waals surface area contributed by atoms with Crippen molar-refractivity contribution in [3.8, 4) is 6.07 Å². The highest BCUT2D eigenvalue weighted by atomic mass is 16.4. The highest BCUT2D eigenvalue weighted by Gasteiger charge is 2.13. The maximum Gasteiger partial charge on any atom is 0.196 e. The van der Waals surface area contributed by atoms with Gasteiger partial charge in [0, 0.05) is 38.5 Å². The number of rotatable bonds is 6. The Morgan fingerprint density at radius 2 is 2.30 bits per heavy atom. The lowest BCUT2D eigenvalue weighted by Crippen LogP contribution is -2.23. The minimum atomic E-state index is -0.113. The minimum Gasteiger partial charge on any atom is -0.437 e. The van der Waals surface area contributed by atoms with Crippen molar-refractivity contribution in [2.45, 2.75) is 19.9 Å². The summed E-state index contributed by atoms with van der Waals surface area (Å²) in [6.07, 6.45) is 3.87. The Labute approximate surface area is 117 Å². The fourth-order valence-electron chi connectivity index (χ4n) is 1.85. The van der Waals surface area contributed by atoms with E-state index in [1.807, 2.05) is 17.0 Å². The van der Waals surface area contributed by atoms with Crippen LogP contribution in [0.4, 0.5) is 5.88 Å². The van der Waals surface area contributed by atoms with Crippen molar-refractivity contribution < 1.29 is 9.21 Å². The molecule has 0 atom stereocenters. The first kappa shape index (κ1) is 13.8. The van der Waals surface area contributed by atoms with E-state index in [-0.39, 0.29) is 5.78 Å². The normalized spacial score (nSPS) is 10.0. The number of anilines is 1. The van der Waals surface area contributed by atoms with E-state index in [0.29, 0.717) is 31.2 Å². The van der Waals surface area contributed by atoms with Crippen LogP contribution in [0.5, 0.6) is 0 Å². The molecule has 2 rings (SSSR count). The second kappa shape index (κ2) is 6.53. The number of nitrogens with zero attached hydrogens (tertiary/aromatic N) is 3. The van der Waals surface area contributed by atoms with Crippen LogP contribution in [0.15, 0.2) is 41.1 Å². The number of hydrogen-bond donors (Lipinski definition) is 0. The number of nitriles is 1. The van der Waals surface area contributed by atoms with Gasteiger partial charge in [-0.1, -0.05) is 6.07 Å². The molecule has 0 N–H and O–H groups in total. The van der Waals surface area contributed by atoms with Crippen LogP contribution in [-0.2, 0) is 6.54 Å². The molecule has 0 radical (unpaired) electrons. The van der Waals surface area contributed by atoms with Crippen LogP contribution in [0.1, 0.15) is 29.5 Å². The Kier molecular flexibility index (Phi) is 4.51. The Morgan fingerprint density at radius 1 is 1.45 bits per heavy atom. The molecule has 0 bridgehead atoms. The first-order chi connectivity index (χ1) is 9.70. The molecule has 0 saturated heterocycles. The van der Waals surface area contributed by atoms with Crippen LogP contribution in [-0.4, -0.2) is 17.3 Å². The smallest absolute Gasteiger partial charge is 0.196 e. The van der Waals surface area contributed by atoms with Gasteiger partial charge in [0.15, 0.2) is 17.4 Å². The summed E-state index contributed by atoms with van der Waals surface area (Å²) < 4.78 is 5.52. The van der Waals surface area contributed by atoms with Crippen LogP contribution in [0.2, 0.25) is 0 Å². The van der Waals surface area contributed by atoms with E-state index >= 15 is 0 Å². The monoisotopic (exact) mass is 269 g/mol. The van der Waals surface area contributed by atoms with Gasteiger partial charge in [-0.25, -0.2) is 0 Å². The molecule has 0 aliphatic carbocycles. The third-order valence-electron chi connectivity index (χ3n) is 2.84. The van der Waals surface area contributed by atoms with Crippen LogP contribution in [0.25, 0.3) is 0 Å². The van der Waals surface area contributed by atoms with Gasteiger partial charge in [-0.15, -0.1) is 0 Å². The number of Topliss-reactive ketones (excluding diaryl/α,β-unsaturated/α-hetero) is 1. The lowest BCUT2D eigenvalue weighted by molar-refractivity contribution is 0.0987. The zero-order chi connectivity index (χ0) is 14.4. The Balaban J connectivity index is 2.18. The lowest BCUT2D eigenvalue weighted by Gasteiger charge is -2.20. The first-order valence-electron chi connectivity index (χ1n) is 6.32. The fraction of sp³-hybridized carbons (Fsp3) is 0.267. The molecule has 2 aromatic heterocycles. The molecule has 0 fully saturated rings. The quantitative estimate of drug-likeness (QED) is 0.754. The van der Waals surface area contributed by atoms with Crippen molar-refractivity contribution in [2.24, 2.45) is 0 Å². The molecule has 0 saturated carbocycles. The Morgan fingerprint density at radius 3 is 2.90 bits per heavy atom. The number of furan rings is 1. The molecule has 2 aromatic rings. The van der Waals surface area contributed by atoms with Gasteiger partial charge in [-0.2, -0.15) is 5.26 Å². The summed E-state index contributed by atoms with van der Waals surface area (Å²) in [5, 5.41) is 8.75. The molecule has 0 aromatic carbocycles. The molecule has 0 amide bonds. The largest absolute Gasteiger partial charge is 0.437 e. The highest BCUT2D eigenvalue weighted by molar-refractivity contribution is 5.91. The van der Waals surface area contributed by atoms with Crippen molar-refractivity contribution in [1.29, 1.82) is 5.26 Å². The van der Waals surface area contributed by atoms with E-state index < -0.39 is 0 Å². The molecule has 20 heavy (non-hydrogen) atoms. The highest BCUT2D eigenvalue weighted by Crippen LogP contribution is 2.21. The number of carbonyl (C=O) groups is 1. The number of ketones is 1. The summed E-state index contributed by atoms with van der Waals surface area (Å²) >= 11 is 0.